The van der Waals surface area contributed by atoms with Crippen molar-refractivity contribution < 1.29 is 31.9 Å². The Bertz CT molecular complexity index is 1070. The van der Waals surface area contributed by atoms with Crippen LogP contribution in [-0.4, -0.2) is 62.8 Å². The summed E-state index contributed by atoms with van der Waals surface area (Å²) in [4.78, 5) is 25.4. The number of nitrogens with one attached hydrogen (secondary N) is 1. The van der Waals surface area contributed by atoms with Crippen molar-refractivity contribution in [3.05, 3.63) is 54.3 Å². The standard InChI is InChI=1S/C22H25FN2O6S2/c1-16(31-21(26)9-14-32-19-7-5-17(23)6-8-19)22(27)24-18-3-2-4-20(15-18)33(28,29)25-10-12-30-13-11-25/h2-8,15-16H,9-14H2,1H3,(H,24,27). The molecule has 1 saturated heterocycles. The summed E-state index contributed by atoms with van der Waals surface area (Å²) in [6.07, 6.45) is -0.986. The summed E-state index contributed by atoms with van der Waals surface area (Å²) in [5.41, 5.74) is 0.282. The smallest absolute Gasteiger partial charge is 0.307 e. The number of thioether (sulfide) groups is 1. The van der Waals surface area contributed by atoms with E-state index in [-0.39, 0.29) is 35.9 Å². The molecular formula is C22H25FN2O6S2. The zero-order chi connectivity index (χ0) is 23.8. The van der Waals surface area contributed by atoms with Gasteiger partial charge in [-0.2, -0.15) is 4.31 Å². The number of ether oxygens (including phenoxy) is 2. The molecule has 11 heteroatoms. The lowest BCUT2D eigenvalue weighted by Crippen LogP contribution is -2.40. The number of morpholine rings is 1. The van der Waals surface area contributed by atoms with Gasteiger partial charge in [-0.3, -0.25) is 9.59 Å². The van der Waals surface area contributed by atoms with Crippen molar-refractivity contribution in [2.75, 3.05) is 37.4 Å². The third kappa shape index (κ3) is 7.26. The fourth-order valence-corrected chi connectivity index (χ4v) is 5.29. The van der Waals surface area contributed by atoms with Crippen molar-refractivity contribution in [2.45, 2.75) is 29.2 Å². The zero-order valence-electron chi connectivity index (χ0n) is 18.0. The average Bonchev–Trinajstić information content (AvgIpc) is 2.81. The molecule has 2 aromatic carbocycles. The van der Waals surface area contributed by atoms with Crippen molar-refractivity contribution in [1.29, 1.82) is 0 Å². The minimum atomic E-state index is -3.70. The summed E-state index contributed by atoms with van der Waals surface area (Å²) in [5, 5.41) is 2.59. The highest BCUT2D eigenvalue weighted by Crippen LogP contribution is 2.21. The second kappa shape index (κ2) is 11.6. The first-order chi connectivity index (χ1) is 15.8. The molecule has 0 saturated carbocycles. The number of benzene rings is 2. The van der Waals surface area contributed by atoms with Gasteiger partial charge in [-0.25, -0.2) is 12.8 Å². The second-order valence-electron chi connectivity index (χ2n) is 7.22. The Balaban J connectivity index is 1.50. The number of carbonyl (C=O) groups is 2. The molecule has 0 spiro atoms. The topological polar surface area (TPSA) is 102 Å². The van der Waals surface area contributed by atoms with E-state index in [1.54, 1.807) is 18.2 Å². The van der Waals surface area contributed by atoms with Gasteiger partial charge in [0.05, 0.1) is 24.5 Å². The minimum absolute atomic E-state index is 0.0599. The highest BCUT2D eigenvalue weighted by atomic mass is 32.2. The predicted molar refractivity (Wildman–Crippen MR) is 122 cm³/mol. The van der Waals surface area contributed by atoms with Crippen LogP contribution in [-0.2, 0) is 29.1 Å². The van der Waals surface area contributed by atoms with Crippen molar-refractivity contribution in [2.24, 2.45) is 0 Å². The molecule has 33 heavy (non-hydrogen) atoms. The summed E-state index contributed by atoms with van der Waals surface area (Å²) in [7, 11) is -3.70. The molecule has 0 aromatic heterocycles. The van der Waals surface area contributed by atoms with Crippen LogP contribution in [0.3, 0.4) is 0 Å². The fraction of sp³-hybridized carbons (Fsp3) is 0.364. The summed E-state index contributed by atoms with van der Waals surface area (Å²) >= 11 is 1.37. The summed E-state index contributed by atoms with van der Waals surface area (Å²) in [6.45, 7) is 2.65. The Morgan fingerprint density at radius 2 is 1.88 bits per heavy atom. The number of esters is 1. The largest absolute Gasteiger partial charge is 0.453 e. The van der Waals surface area contributed by atoms with E-state index in [0.717, 1.165) is 4.90 Å². The second-order valence-corrected chi connectivity index (χ2v) is 10.3. The number of halogens is 1. The van der Waals surface area contributed by atoms with Gasteiger partial charge in [0.1, 0.15) is 5.82 Å². The molecule has 178 valence electrons. The van der Waals surface area contributed by atoms with E-state index in [1.807, 2.05) is 0 Å². The molecule has 1 unspecified atom stereocenters. The van der Waals surface area contributed by atoms with Crippen LogP contribution in [0.15, 0.2) is 58.3 Å². The molecule has 1 aliphatic rings. The van der Waals surface area contributed by atoms with Crippen molar-refractivity contribution >= 4 is 39.3 Å². The minimum Gasteiger partial charge on any atom is -0.453 e. The number of carbonyl (C=O) groups excluding carboxylic acids is 2. The van der Waals surface area contributed by atoms with Crippen LogP contribution in [0, 0.1) is 5.82 Å². The van der Waals surface area contributed by atoms with Crippen molar-refractivity contribution in [1.82, 2.24) is 4.31 Å². The first kappa shape index (κ1) is 25.2. The fourth-order valence-electron chi connectivity index (χ4n) is 3.01. The lowest BCUT2D eigenvalue weighted by Gasteiger charge is -2.26. The van der Waals surface area contributed by atoms with Gasteiger partial charge in [0, 0.05) is 29.4 Å². The van der Waals surface area contributed by atoms with E-state index < -0.39 is 28.0 Å². The van der Waals surface area contributed by atoms with Crippen LogP contribution in [0.25, 0.3) is 0 Å². The first-order valence-corrected chi connectivity index (χ1v) is 12.7. The number of hydrogen-bond donors (Lipinski definition) is 1. The monoisotopic (exact) mass is 496 g/mol. The quantitative estimate of drug-likeness (QED) is 0.421. The van der Waals surface area contributed by atoms with E-state index in [1.165, 1.54) is 53.3 Å². The van der Waals surface area contributed by atoms with Gasteiger partial charge in [0.2, 0.25) is 10.0 Å². The SMILES string of the molecule is CC(OC(=O)CCSc1ccc(F)cc1)C(=O)Nc1cccc(S(=O)(=O)N2CCOCC2)c1. The predicted octanol–water partition coefficient (Wildman–Crippen LogP) is 2.90. The van der Waals surface area contributed by atoms with E-state index in [9.17, 15) is 22.4 Å². The van der Waals surface area contributed by atoms with E-state index >= 15 is 0 Å². The van der Waals surface area contributed by atoms with Gasteiger partial charge in [-0.15, -0.1) is 11.8 Å². The maximum absolute atomic E-state index is 12.9. The maximum Gasteiger partial charge on any atom is 0.307 e. The zero-order valence-corrected chi connectivity index (χ0v) is 19.7. The number of nitrogens with zero attached hydrogens (tertiary/aromatic N) is 1. The van der Waals surface area contributed by atoms with Crippen LogP contribution >= 0.6 is 11.8 Å². The van der Waals surface area contributed by atoms with Crippen LogP contribution in [0.2, 0.25) is 0 Å². The number of anilines is 1. The number of amides is 1. The molecule has 1 heterocycles. The molecule has 3 rings (SSSR count). The Kier molecular flexibility index (Phi) is 8.84. The van der Waals surface area contributed by atoms with Gasteiger partial charge in [-0.05, 0) is 49.4 Å². The van der Waals surface area contributed by atoms with Crippen LogP contribution in [0.4, 0.5) is 10.1 Å². The van der Waals surface area contributed by atoms with Crippen molar-refractivity contribution in [3.63, 3.8) is 0 Å². The lowest BCUT2D eigenvalue weighted by molar-refractivity contribution is -0.152. The average molecular weight is 497 g/mol. The number of hydrogen-bond acceptors (Lipinski definition) is 7. The van der Waals surface area contributed by atoms with Crippen molar-refractivity contribution in [3.8, 4) is 0 Å². The highest BCUT2D eigenvalue weighted by molar-refractivity contribution is 7.99. The highest BCUT2D eigenvalue weighted by Gasteiger charge is 2.27. The number of rotatable bonds is 9. The first-order valence-electron chi connectivity index (χ1n) is 10.3. The maximum atomic E-state index is 12.9. The molecule has 8 nitrogen and oxygen atoms in total. The van der Waals surface area contributed by atoms with Crippen LogP contribution in [0.5, 0.6) is 0 Å². The molecule has 1 atom stereocenters. The molecule has 2 aromatic rings. The van der Waals surface area contributed by atoms with Crippen LogP contribution < -0.4 is 5.32 Å². The normalized spacial score (nSPS) is 15.6. The Hall–Kier alpha value is -2.47. The number of sulfonamides is 1. The summed E-state index contributed by atoms with van der Waals surface area (Å²) in [5.74, 6) is -1.03. The molecule has 0 aliphatic carbocycles. The molecule has 1 amide bonds. The lowest BCUT2D eigenvalue weighted by atomic mass is 10.3. The van der Waals surface area contributed by atoms with Gasteiger partial charge in [-0.1, -0.05) is 6.07 Å². The van der Waals surface area contributed by atoms with Crippen LogP contribution in [0.1, 0.15) is 13.3 Å². The van der Waals surface area contributed by atoms with E-state index in [0.29, 0.717) is 19.0 Å². The molecule has 0 bridgehead atoms. The Labute approximate surface area is 196 Å². The third-order valence-electron chi connectivity index (χ3n) is 4.78. The van der Waals surface area contributed by atoms with Gasteiger partial charge in [0.25, 0.3) is 5.91 Å². The molecule has 1 fully saturated rings. The van der Waals surface area contributed by atoms with E-state index in [4.69, 9.17) is 9.47 Å². The molecule has 0 radical (unpaired) electrons. The molecule has 1 aliphatic heterocycles. The Morgan fingerprint density at radius 3 is 2.58 bits per heavy atom. The summed E-state index contributed by atoms with van der Waals surface area (Å²) in [6, 6.07) is 11.8. The van der Waals surface area contributed by atoms with Gasteiger partial charge >= 0.3 is 5.97 Å². The molecule has 1 N–H and O–H groups in total. The van der Waals surface area contributed by atoms with E-state index in [2.05, 4.69) is 5.32 Å². The van der Waals surface area contributed by atoms with Gasteiger partial charge in [0.15, 0.2) is 6.10 Å². The summed E-state index contributed by atoms with van der Waals surface area (Å²) < 4.78 is 50.2. The van der Waals surface area contributed by atoms with Gasteiger partial charge < -0.3 is 14.8 Å². The Morgan fingerprint density at radius 1 is 1.18 bits per heavy atom. The molecular weight excluding hydrogens is 471 g/mol. The third-order valence-corrected chi connectivity index (χ3v) is 7.68.